The van der Waals surface area contributed by atoms with Crippen molar-refractivity contribution in [2.24, 2.45) is 0 Å². The third-order valence-corrected chi connectivity index (χ3v) is 2.70. The number of hydrogen-bond donors (Lipinski definition) is 0. The van der Waals surface area contributed by atoms with E-state index in [9.17, 15) is 26.3 Å². The van der Waals surface area contributed by atoms with E-state index in [0.717, 1.165) is 0 Å². The zero-order valence-electron chi connectivity index (χ0n) is 8.08. The summed E-state index contributed by atoms with van der Waals surface area (Å²) < 4.78 is 76.5. The van der Waals surface area contributed by atoms with Crippen LogP contribution < -0.4 is 4.74 Å². The molecule has 1 aromatic heterocycles. The van der Waals surface area contributed by atoms with Crippen LogP contribution in [0.5, 0.6) is 5.75 Å². The van der Waals surface area contributed by atoms with Crippen LogP contribution in [0.4, 0.5) is 26.3 Å². The Morgan fingerprint density at radius 3 is 2.12 bits per heavy atom. The molecule has 0 amide bonds. The number of rotatable bonds is 1. The smallest absolute Gasteiger partial charge is 0.403 e. The van der Waals surface area contributed by atoms with Gasteiger partial charge in [-0.15, -0.1) is 13.2 Å². The van der Waals surface area contributed by atoms with Crippen LogP contribution in [0.1, 0.15) is 11.4 Å². The minimum Gasteiger partial charge on any atom is -0.403 e. The van der Waals surface area contributed by atoms with Gasteiger partial charge < -0.3 is 4.74 Å². The third-order valence-electron chi connectivity index (χ3n) is 1.61. The minimum atomic E-state index is -5.19. The van der Waals surface area contributed by atoms with Crippen LogP contribution in [-0.2, 0) is 6.18 Å². The first-order valence-corrected chi connectivity index (χ1v) is 5.08. The molecule has 0 atom stereocenters. The molecule has 1 heterocycles. The Balaban J connectivity index is 3.32. The first kappa shape index (κ1) is 14.3. The Labute approximate surface area is 105 Å². The van der Waals surface area contributed by atoms with Crippen LogP contribution in [0.25, 0.3) is 0 Å². The number of aromatic nitrogens is 1. The fourth-order valence-corrected chi connectivity index (χ4v) is 1.37. The van der Waals surface area contributed by atoms with Crippen LogP contribution >= 0.6 is 22.6 Å². The van der Waals surface area contributed by atoms with Crippen LogP contribution in [0, 0.1) is 10.5 Å². The fraction of sp³-hybridized carbons (Fsp3) is 0.375. The van der Waals surface area contributed by atoms with E-state index in [-0.39, 0.29) is 9.26 Å². The third kappa shape index (κ3) is 3.89. The second-order valence-electron chi connectivity index (χ2n) is 2.95. The maximum atomic E-state index is 12.4. The summed E-state index contributed by atoms with van der Waals surface area (Å²) in [6.07, 6.45) is -10.2. The summed E-state index contributed by atoms with van der Waals surface area (Å²) in [7, 11) is 0. The van der Waals surface area contributed by atoms with E-state index < -0.39 is 24.0 Å². The number of nitrogens with zero attached hydrogens (tertiary/aromatic N) is 1. The highest BCUT2D eigenvalue weighted by Crippen LogP contribution is 2.38. The largest absolute Gasteiger partial charge is 0.573 e. The Morgan fingerprint density at radius 2 is 1.71 bits per heavy atom. The van der Waals surface area contributed by atoms with Crippen molar-refractivity contribution in [3.8, 4) is 5.75 Å². The lowest BCUT2D eigenvalue weighted by Crippen LogP contribution is -2.21. The SMILES string of the molecule is Cc1nc(C(F)(F)F)c(OC(F)(F)F)cc1I. The van der Waals surface area contributed by atoms with E-state index in [1.807, 2.05) is 0 Å². The van der Waals surface area contributed by atoms with Gasteiger partial charge in [0.2, 0.25) is 0 Å². The summed E-state index contributed by atoms with van der Waals surface area (Å²) in [5.74, 6) is -1.35. The predicted octanol–water partition coefficient (Wildman–Crippen LogP) is 3.91. The van der Waals surface area contributed by atoms with Crippen molar-refractivity contribution in [2.45, 2.75) is 19.5 Å². The molecule has 0 aromatic carbocycles. The average Bonchev–Trinajstić information content (AvgIpc) is 2.06. The van der Waals surface area contributed by atoms with E-state index in [4.69, 9.17) is 0 Å². The van der Waals surface area contributed by atoms with Crippen LogP contribution in [0.15, 0.2) is 6.07 Å². The van der Waals surface area contributed by atoms with Gasteiger partial charge in [-0.1, -0.05) is 0 Å². The minimum absolute atomic E-state index is 0.0209. The molecule has 0 aliphatic rings. The summed E-state index contributed by atoms with van der Waals surface area (Å²) in [5.41, 5.74) is -1.71. The fourth-order valence-electron chi connectivity index (χ4n) is 0.970. The van der Waals surface area contributed by atoms with Gasteiger partial charge in [0.25, 0.3) is 0 Å². The highest BCUT2D eigenvalue weighted by atomic mass is 127. The first-order valence-electron chi connectivity index (χ1n) is 4.01. The molecule has 1 aromatic rings. The molecular formula is C8H4F6INO. The molecule has 0 unspecified atom stereocenters. The molecule has 2 nitrogen and oxygen atoms in total. The Hall–Kier alpha value is -0.740. The number of pyridine rings is 1. The zero-order chi connectivity index (χ0) is 13.4. The van der Waals surface area contributed by atoms with E-state index >= 15 is 0 Å². The van der Waals surface area contributed by atoms with Gasteiger partial charge in [0.1, 0.15) is 0 Å². The lowest BCUT2D eigenvalue weighted by atomic mass is 10.3. The molecule has 0 fully saturated rings. The molecule has 0 spiro atoms. The van der Waals surface area contributed by atoms with Gasteiger partial charge in [0.05, 0.1) is 5.69 Å². The van der Waals surface area contributed by atoms with Crippen molar-refractivity contribution in [3.63, 3.8) is 0 Å². The molecule has 0 radical (unpaired) electrons. The number of ether oxygens (including phenoxy) is 1. The van der Waals surface area contributed by atoms with Gasteiger partial charge in [0, 0.05) is 3.57 Å². The van der Waals surface area contributed by atoms with Gasteiger partial charge in [0.15, 0.2) is 11.4 Å². The molecule has 0 bridgehead atoms. The molecule has 96 valence electrons. The van der Waals surface area contributed by atoms with Crippen LogP contribution in [0.2, 0.25) is 0 Å². The molecule has 1 rings (SSSR count). The lowest BCUT2D eigenvalue weighted by molar-refractivity contribution is -0.276. The predicted molar refractivity (Wildman–Crippen MR) is 53.4 cm³/mol. The molecule has 0 N–H and O–H groups in total. The molecule has 0 aliphatic heterocycles. The van der Waals surface area contributed by atoms with E-state index in [1.165, 1.54) is 6.92 Å². The summed E-state index contributed by atoms with van der Waals surface area (Å²) in [6, 6.07) is 0.652. The second kappa shape index (κ2) is 4.50. The van der Waals surface area contributed by atoms with Crippen molar-refractivity contribution >= 4 is 22.6 Å². The van der Waals surface area contributed by atoms with Crippen molar-refractivity contribution in [3.05, 3.63) is 21.0 Å². The Kier molecular flexibility index (Phi) is 3.79. The van der Waals surface area contributed by atoms with Gasteiger partial charge in [-0.2, -0.15) is 13.2 Å². The van der Waals surface area contributed by atoms with E-state index in [0.29, 0.717) is 6.07 Å². The monoisotopic (exact) mass is 371 g/mol. The number of hydrogen-bond acceptors (Lipinski definition) is 2. The highest BCUT2D eigenvalue weighted by molar-refractivity contribution is 14.1. The maximum Gasteiger partial charge on any atom is 0.573 e. The van der Waals surface area contributed by atoms with Crippen molar-refractivity contribution in [2.75, 3.05) is 0 Å². The lowest BCUT2D eigenvalue weighted by Gasteiger charge is -2.15. The van der Waals surface area contributed by atoms with Crippen LogP contribution in [-0.4, -0.2) is 11.3 Å². The van der Waals surface area contributed by atoms with Gasteiger partial charge >= 0.3 is 12.5 Å². The summed E-state index contributed by atoms with van der Waals surface area (Å²) in [4.78, 5) is 3.07. The Bertz CT molecular complexity index is 427. The molecular weight excluding hydrogens is 367 g/mol. The van der Waals surface area contributed by atoms with Gasteiger partial charge in [-0.3, -0.25) is 0 Å². The van der Waals surface area contributed by atoms with Crippen molar-refractivity contribution in [1.82, 2.24) is 4.98 Å². The second-order valence-corrected chi connectivity index (χ2v) is 4.11. The zero-order valence-corrected chi connectivity index (χ0v) is 10.2. The number of aryl methyl sites for hydroxylation is 1. The summed E-state index contributed by atoms with van der Waals surface area (Å²) in [5, 5.41) is 0. The Morgan fingerprint density at radius 1 is 1.18 bits per heavy atom. The first-order chi connectivity index (χ1) is 7.50. The maximum absolute atomic E-state index is 12.4. The average molecular weight is 371 g/mol. The molecule has 0 aliphatic carbocycles. The van der Waals surface area contributed by atoms with Crippen molar-refractivity contribution in [1.29, 1.82) is 0 Å². The van der Waals surface area contributed by atoms with Crippen LogP contribution in [0.3, 0.4) is 0 Å². The summed E-state index contributed by atoms with van der Waals surface area (Å²) >= 11 is 1.57. The quantitative estimate of drug-likeness (QED) is 0.552. The van der Waals surface area contributed by atoms with Gasteiger partial charge in [-0.05, 0) is 35.6 Å². The molecule has 17 heavy (non-hydrogen) atoms. The standard InChI is InChI=1S/C8H4F6INO/c1-3-4(15)2-5(17-8(12,13)14)6(16-3)7(9,10)11/h2H,1H3. The normalized spacial score (nSPS) is 12.7. The van der Waals surface area contributed by atoms with E-state index in [1.54, 1.807) is 22.6 Å². The molecule has 0 saturated carbocycles. The van der Waals surface area contributed by atoms with E-state index in [2.05, 4.69) is 9.72 Å². The summed E-state index contributed by atoms with van der Waals surface area (Å²) in [6.45, 7) is 1.26. The van der Waals surface area contributed by atoms with Gasteiger partial charge in [-0.25, -0.2) is 4.98 Å². The topological polar surface area (TPSA) is 22.1 Å². The molecule has 0 saturated heterocycles. The number of halogens is 7. The van der Waals surface area contributed by atoms with Crippen molar-refractivity contribution < 1.29 is 31.1 Å². The number of alkyl halides is 6. The highest BCUT2D eigenvalue weighted by Gasteiger charge is 2.41. The molecule has 9 heteroatoms.